The van der Waals surface area contributed by atoms with Gasteiger partial charge in [0.15, 0.2) is 0 Å². The predicted molar refractivity (Wildman–Crippen MR) is 120 cm³/mol. The minimum absolute atomic E-state index is 0.0304. The maximum atomic E-state index is 12.7. The molecule has 1 heterocycles. The first-order valence-corrected chi connectivity index (χ1v) is 10.7. The number of aromatic amines is 1. The van der Waals surface area contributed by atoms with E-state index in [0.29, 0.717) is 6.42 Å². The van der Waals surface area contributed by atoms with Crippen LogP contribution in [0.4, 0.5) is 0 Å². The number of carbonyl (C=O) groups is 1. The molecule has 4 nitrogen and oxygen atoms in total. The number of para-hydroxylation sites is 1. The summed E-state index contributed by atoms with van der Waals surface area (Å²) in [5.74, 6) is 0.872. The van der Waals surface area contributed by atoms with E-state index in [1.807, 2.05) is 18.2 Å². The van der Waals surface area contributed by atoms with E-state index in [-0.39, 0.29) is 11.8 Å². The van der Waals surface area contributed by atoms with Gasteiger partial charge in [-0.1, -0.05) is 57.0 Å². The van der Waals surface area contributed by atoms with Gasteiger partial charge in [-0.3, -0.25) is 4.79 Å². The number of H-pyrrole nitrogens is 1. The van der Waals surface area contributed by atoms with E-state index >= 15 is 0 Å². The highest BCUT2D eigenvalue weighted by Gasteiger charge is 2.22. The molecule has 1 amide bonds. The molecule has 3 rings (SSSR count). The minimum atomic E-state index is -0.0304. The zero-order valence-corrected chi connectivity index (χ0v) is 17.8. The Kier molecular flexibility index (Phi) is 7.34. The average molecular weight is 393 g/mol. The maximum absolute atomic E-state index is 12.7. The molecule has 2 N–H and O–H groups in total. The van der Waals surface area contributed by atoms with E-state index in [4.69, 9.17) is 4.74 Å². The predicted octanol–water partition coefficient (Wildman–Crippen LogP) is 5.57. The van der Waals surface area contributed by atoms with E-state index in [1.165, 1.54) is 16.5 Å². The molecule has 1 aromatic heterocycles. The number of hydrogen-bond acceptors (Lipinski definition) is 2. The molecule has 154 valence electrons. The standard InChI is InChI=1S/C25H32N2O2/c1-4-6-7-14-26-24(28)16-22(19-11-8-12-20(15-19)29-3)23-17-27-25-18(5-2)10-9-13-21(23)25/h8-13,15,17,22,27H,4-7,14,16H2,1-3H3,(H,26,28)/t22-/m1/s1. The molecule has 1 atom stereocenters. The van der Waals surface area contributed by atoms with Crippen LogP contribution in [0.15, 0.2) is 48.7 Å². The van der Waals surface area contributed by atoms with Crippen molar-refractivity contribution in [2.24, 2.45) is 0 Å². The Labute approximate surface area is 173 Å². The van der Waals surface area contributed by atoms with Gasteiger partial charge in [0.2, 0.25) is 5.91 Å². The van der Waals surface area contributed by atoms with Gasteiger partial charge in [-0.25, -0.2) is 0 Å². The summed E-state index contributed by atoms with van der Waals surface area (Å²) in [6.45, 7) is 5.08. The van der Waals surface area contributed by atoms with Gasteiger partial charge in [-0.15, -0.1) is 0 Å². The average Bonchev–Trinajstić information content (AvgIpc) is 3.19. The minimum Gasteiger partial charge on any atom is -0.497 e. The van der Waals surface area contributed by atoms with Gasteiger partial charge in [0, 0.05) is 36.0 Å². The summed E-state index contributed by atoms with van der Waals surface area (Å²) in [7, 11) is 1.67. The molecular weight excluding hydrogens is 360 g/mol. The lowest BCUT2D eigenvalue weighted by molar-refractivity contribution is -0.121. The largest absolute Gasteiger partial charge is 0.497 e. The molecule has 4 heteroatoms. The molecule has 0 radical (unpaired) electrons. The fraction of sp³-hybridized carbons (Fsp3) is 0.400. The van der Waals surface area contributed by atoms with Crippen LogP contribution in [0.3, 0.4) is 0 Å². The van der Waals surface area contributed by atoms with Crippen LogP contribution in [0.5, 0.6) is 5.75 Å². The summed E-state index contributed by atoms with van der Waals surface area (Å²) in [6, 6.07) is 14.5. The van der Waals surface area contributed by atoms with Crippen LogP contribution >= 0.6 is 0 Å². The monoisotopic (exact) mass is 392 g/mol. The Morgan fingerprint density at radius 2 is 1.97 bits per heavy atom. The summed E-state index contributed by atoms with van der Waals surface area (Å²) in [4.78, 5) is 16.2. The number of nitrogens with one attached hydrogen (secondary N) is 2. The van der Waals surface area contributed by atoms with Crippen molar-refractivity contribution < 1.29 is 9.53 Å². The summed E-state index contributed by atoms with van der Waals surface area (Å²) in [5.41, 5.74) is 4.71. The van der Waals surface area contributed by atoms with Crippen LogP contribution in [0.1, 0.15) is 62.1 Å². The van der Waals surface area contributed by atoms with Gasteiger partial charge in [0.1, 0.15) is 5.75 Å². The van der Waals surface area contributed by atoms with Gasteiger partial charge in [-0.2, -0.15) is 0 Å². The number of unbranched alkanes of at least 4 members (excludes halogenated alkanes) is 2. The second kappa shape index (κ2) is 10.1. The third kappa shape index (κ3) is 5.00. The van der Waals surface area contributed by atoms with Gasteiger partial charge in [0.25, 0.3) is 0 Å². The number of ether oxygens (including phenoxy) is 1. The fourth-order valence-electron chi connectivity index (χ4n) is 3.95. The molecule has 2 aromatic carbocycles. The van der Waals surface area contributed by atoms with E-state index < -0.39 is 0 Å². The Bertz CT molecular complexity index is 945. The van der Waals surface area contributed by atoms with Crippen molar-refractivity contribution in [3.05, 3.63) is 65.4 Å². The van der Waals surface area contributed by atoms with Crippen molar-refractivity contribution >= 4 is 16.8 Å². The van der Waals surface area contributed by atoms with Gasteiger partial charge >= 0.3 is 0 Å². The van der Waals surface area contributed by atoms with Gasteiger partial charge in [0.05, 0.1) is 7.11 Å². The lowest BCUT2D eigenvalue weighted by Crippen LogP contribution is -2.26. The van der Waals surface area contributed by atoms with Crippen LogP contribution in [0.25, 0.3) is 10.9 Å². The smallest absolute Gasteiger partial charge is 0.220 e. The summed E-state index contributed by atoms with van der Waals surface area (Å²) in [6.07, 6.45) is 6.78. The molecule has 0 aliphatic rings. The van der Waals surface area contributed by atoms with Gasteiger partial charge in [-0.05, 0) is 41.7 Å². The Hall–Kier alpha value is -2.75. The second-order valence-corrected chi connectivity index (χ2v) is 7.53. The van der Waals surface area contributed by atoms with Crippen LogP contribution < -0.4 is 10.1 Å². The molecule has 3 aromatic rings. The number of aryl methyl sites for hydroxylation is 1. The molecule has 0 aliphatic heterocycles. The zero-order chi connectivity index (χ0) is 20.6. The molecule has 0 saturated heterocycles. The maximum Gasteiger partial charge on any atom is 0.220 e. The van der Waals surface area contributed by atoms with Crippen LogP contribution in [0.2, 0.25) is 0 Å². The molecular formula is C25H32N2O2. The van der Waals surface area contributed by atoms with Crippen molar-refractivity contribution in [2.75, 3.05) is 13.7 Å². The highest BCUT2D eigenvalue weighted by atomic mass is 16.5. The topological polar surface area (TPSA) is 54.1 Å². The third-order valence-corrected chi connectivity index (χ3v) is 5.58. The number of aromatic nitrogens is 1. The molecule has 0 saturated carbocycles. The lowest BCUT2D eigenvalue weighted by atomic mass is 9.87. The van der Waals surface area contributed by atoms with Crippen molar-refractivity contribution in [1.82, 2.24) is 10.3 Å². The number of carbonyl (C=O) groups excluding carboxylic acids is 1. The number of fused-ring (bicyclic) bond motifs is 1. The number of benzene rings is 2. The van der Waals surface area contributed by atoms with Crippen LogP contribution in [-0.2, 0) is 11.2 Å². The van der Waals surface area contributed by atoms with E-state index in [2.05, 4.69) is 54.6 Å². The Morgan fingerprint density at radius 1 is 1.14 bits per heavy atom. The van der Waals surface area contributed by atoms with Crippen molar-refractivity contribution in [1.29, 1.82) is 0 Å². The Balaban J connectivity index is 1.94. The lowest BCUT2D eigenvalue weighted by Gasteiger charge is -2.18. The highest BCUT2D eigenvalue weighted by molar-refractivity contribution is 5.88. The van der Waals surface area contributed by atoms with E-state index in [1.54, 1.807) is 7.11 Å². The molecule has 0 spiro atoms. The van der Waals surface area contributed by atoms with E-state index in [9.17, 15) is 4.79 Å². The number of methoxy groups -OCH3 is 1. The van der Waals surface area contributed by atoms with Gasteiger partial charge < -0.3 is 15.0 Å². The van der Waals surface area contributed by atoms with Crippen LogP contribution in [0, 0.1) is 0 Å². The van der Waals surface area contributed by atoms with Crippen LogP contribution in [-0.4, -0.2) is 24.5 Å². The molecule has 0 bridgehead atoms. The molecule has 29 heavy (non-hydrogen) atoms. The first kappa shape index (κ1) is 21.0. The second-order valence-electron chi connectivity index (χ2n) is 7.53. The summed E-state index contributed by atoms with van der Waals surface area (Å²) >= 11 is 0. The normalized spacial score (nSPS) is 12.1. The van der Waals surface area contributed by atoms with E-state index in [0.717, 1.165) is 49.1 Å². The molecule has 0 aliphatic carbocycles. The quantitative estimate of drug-likeness (QED) is 0.443. The number of rotatable bonds is 10. The first-order chi connectivity index (χ1) is 14.2. The zero-order valence-electron chi connectivity index (χ0n) is 17.8. The SMILES string of the molecule is CCCCCNC(=O)C[C@H](c1cccc(OC)c1)c1c[nH]c2c(CC)cccc12. The van der Waals surface area contributed by atoms with Crippen molar-refractivity contribution in [3.8, 4) is 5.75 Å². The van der Waals surface area contributed by atoms with Crippen molar-refractivity contribution in [3.63, 3.8) is 0 Å². The first-order valence-electron chi connectivity index (χ1n) is 10.7. The highest BCUT2D eigenvalue weighted by Crippen LogP contribution is 2.35. The number of hydrogen-bond donors (Lipinski definition) is 2. The fourth-order valence-corrected chi connectivity index (χ4v) is 3.95. The third-order valence-electron chi connectivity index (χ3n) is 5.58. The summed E-state index contributed by atoms with van der Waals surface area (Å²) < 4.78 is 5.43. The molecule has 0 unspecified atom stereocenters. The molecule has 0 fully saturated rings. The number of amides is 1. The Morgan fingerprint density at radius 3 is 2.72 bits per heavy atom. The summed E-state index contributed by atoms with van der Waals surface area (Å²) in [5, 5.41) is 4.29. The van der Waals surface area contributed by atoms with Crippen molar-refractivity contribution in [2.45, 2.75) is 51.9 Å².